The van der Waals surface area contributed by atoms with Crippen molar-refractivity contribution in [2.45, 2.75) is 10.8 Å². The van der Waals surface area contributed by atoms with E-state index >= 15 is 0 Å². The number of rotatable bonds is 5. The van der Waals surface area contributed by atoms with Crippen LogP contribution in [0.15, 0.2) is 69.2 Å². The molecule has 1 aliphatic heterocycles. The lowest BCUT2D eigenvalue weighted by atomic mass is 10.2. The quantitative estimate of drug-likeness (QED) is 0.242. The molecule has 1 aromatic heterocycles. The summed E-state index contributed by atoms with van der Waals surface area (Å²) in [6.45, 7) is 0. The number of benzene rings is 2. The molecular weight excluding hydrogens is 490 g/mol. The van der Waals surface area contributed by atoms with E-state index in [9.17, 15) is 19.7 Å². The number of thioether (sulfide) groups is 1. The Morgan fingerprint density at radius 1 is 1.17 bits per heavy atom. The Balaban J connectivity index is 0.00000256. The number of nitro groups is 1. The molecule has 0 bridgehead atoms. The molecule has 30 heavy (non-hydrogen) atoms. The van der Waals surface area contributed by atoms with Gasteiger partial charge in [0.2, 0.25) is 11.6 Å². The Labute approximate surface area is 190 Å². The first-order valence-electron chi connectivity index (χ1n) is 8.57. The number of allylic oxidation sites excluding steroid dienone is 1. The summed E-state index contributed by atoms with van der Waals surface area (Å²) in [5.74, 6) is -0.446. The van der Waals surface area contributed by atoms with Crippen LogP contribution in [0.4, 0.5) is 11.4 Å². The van der Waals surface area contributed by atoms with Crippen LogP contribution in [0.3, 0.4) is 0 Å². The largest absolute Gasteiger partial charge is 1.00 e. The van der Waals surface area contributed by atoms with Crippen molar-refractivity contribution in [1.29, 1.82) is 0 Å². The molecule has 2 aromatic carbocycles. The Morgan fingerprint density at radius 2 is 1.93 bits per heavy atom. The number of nitrogens with one attached hydrogen (secondary N) is 1. The number of hydrogen-bond acceptors (Lipinski definition) is 6. The van der Waals surface area contributed by atoms with Gasteiger partial charge in [-0.25, -0.2) is 4.79 Å². The predicted octanol–water partition coefficient (Wildman–Crippen LogP) is 0.916. The Kier molecular flexibility index (Phi) is 6.80. The van der Waals surface area contributed by atoms with Gasteiger partial charge in [-0.1, -0.05) is 41.7 Å². The lowest BCUT2D eigenvalue weighted by Gasteiger charge is -2.02. The number of aromatic nitrogens is 1. The minimum absolute atomic E-state index is 0. The fourth-order valence-electron chi connectivity index (χ4n) is 2.85. The van der Waals surface area contributed by atoms with E-state index < -0.39 is 4.92 Å². The standard InChI is InChI=1S/C20H13N3O4S2.BrH/c24-18(21-14-6-2-1-3-7-14)11-16-12-28-20-22(16)19(25)17(29-20)10-13-5-4-8-15(9-13)23(26)27;/h1-10,12H,11H2;1H/b17-10-;. The number of halogens is 1. The highest BCUT2D eigenvalue weighted by Crippen LogP contribution is 2.36. The number of non-ortho nitro benzene ring substituents is 1. The monoisotopic (exact) mass is 503 g/mol. The van der Waals surface area contributed by atoms with Gasteiger partial charge in [0.25, 0.3) is 5.69 Å². The van der Waals surface area contributed by atoms with Crippen LogP contribution >= 0.6 is 23.1 Å². The third-order valence-electron chi connectivity index (χ3n) is 4.15. The molecule has 152 valence electrons. The molecule has 0 saturated carbocycles. The SMILES string of the molecule is O=C(Cc1csc2[n+]1C(=O)/C(=C/c1cccc([N+](=O)[O-])c1)S2)Nc1ccccc1.[Br-]. The van der Waals surface area contributed by atoms with Gasteiger partial charge in [0.15, 0.2) is 0 Å². The summed E-state index contributed by atoms with van der Waals surface area (Å²) in [6, 6.07) is 15.2. The third-order valence-corrected chi connectivity index (χ3v) is 6.34. The van der Waals surface area contributed by atoms with E-state index in [4.69, 9.17) is 0 Å². The molecule has 1 amide bonds. The van der Waals surface area contributed by atoms with E-state index in [1.165, 1.54) is 39.8 Å². The topological polar surface area (TPSA) is 93.2 Å². The molecule has 3 aromatic rings. The Bertz CT molecular complexity index is 1160. The van der Waals surface area contributed by atoms with Crippen LogP contribution in [-0.4, -0.2) is 16.7 Å². The molecule has 4 rings (SSSR count). The molecular formula is C20H14BrN3O4S2. The van der Waals surface area contributed by atoms with Gasteiger partial charge < -0.3 is 22.3 Å². The van der Waals surface area contributed by atoms with Crippen LogP contribution < -0.4 is 26.9 Å². The van der Waals surface area contributed by atoms with Crippen molar-refractivity contribution in [2.75, 3.05) is 5.32 Å². The summed E-state index contributed by atoms with van der Waals surface area (Å²) in [5.41, 5.74) is 1.85. The van der Waals surface area contributed by atoms with Crippen molar-refractivity contribution in [3.8, 4) is 0 Å². The van der Waals surface area contributed by atoms with E-state index in [1.54, 1.807) is 35.7 Å². The number of anilines is 1. The van der Waals surface area contributed by atoms with Gasteiger partial charge in [-0.05, 0) is 23.8 Å². The average molecular weight is 504 g/mol. The summed E-state index contributed by atoms with van der Waals surface area (Å²) in [5, 5.41) is 15.6. The van der Waals surface area contributed by atoms with Crippen LogP contribution in [0.2, 0.25) is 0 Å². The molecule has 0 aliphatic carbocycles. The summed E-state index contributed by atoms with van der Waals surface area (Å²) < 4.78 is 2.29. The second-order valence-corrected chi connectivity index (χ2v) is 8.33. The van der Waals surface area contributed by atoms with Crippen LogP contribution in [0.5, 0.6) is 0 Å². The minimum Gasteiger partial charge on any atom is -1.00 e. The number of nitro benzene ring substituents is 1. The van der Waals surface area contributed by atoms with E-state index in [0.29, 0.717) is 21.8 Å². The van der Waals surface area contributed by atoms with E-state index in [2.05, 4.69) is 5.32 Å². The van der Waals surface area contributed by atoms with Gasteiger partial charge in [-0.2, -0.15) is 0 Å². The number of amides is 1. The Hall–Kier alpha value is -2.82. The summed E-state index contributed by atoms with van der Waals surface area (Å²) in [6.07, 6.45) is 1.70. The minimum atomic E-state index is -0.472. The third kappa shape index (κ3) is 4.66. The normalized spacial score (nSPS) is 13.6. The molecule has 0 atom stereocenters. The van der Waals surface area contributed by atoms with Gasteiger partial charge in [-0.15, -0.1) is 4.57 Å². The number of nitrogens with zero attached hydrogens (tertiary/aromatic N) is 2. The highest BCUT2D eigenvalue weighted by molar-refractivity contribution is 8.05. The zero-order valence-electron chi connectivity index (χ0n) is 15.3. The van der Waals surface area contributed by atoms with Crippen molar-refractivity contribution >= 4 is 52.4 Å². The van der Waals surface area contributed by atoms with Crippen molar-refractivity contribution in [3.63, 3.8) is 0 Å². The molecule has 0 fully saturated rings. The van der Waals surface area contributed by atoms with Gasteiger partial charge in [0.1, 0.15) is 11.3 Å². The van der Waals surface area contributed by atoms with Crippen LogP contribution in [0, 0.1) is 10.1 Å². The molecule has 7 nitrogen and oxygen atoms in total. The molecule has 2 heterocycles. The van der Waals surface area contributed by atoms with Crippen molar-refractivity contribution in [3.05, 3.63) is 86.3 Å². The van der Waals surface area contributed by atoms with Crippen molar-refractivity contribution < 1.29 is 36.1 Å². The van der Waals surface area contributed by atoms with Crippen LogP contribution in [0.25, 0.3) is 6.08 Å². The van der Waals surface area contributed by atoms with E-state index in [-0.39, 0.29) is 40.9 Å². The fourth-order valence-corrected chi connectivity index (χ4v) is 5.05. The average Bonchev–Trinajstić information content (AvgIpc) is 3.23. The second kappa shape index (κ2) is 9.33. The maximum absolute atomic E-state index is 12.9. The molecule has 1 N–H and O–H groups in total. The zero-order valence-corrected chi connectivity index (χ0v) is 18.5. The highest BCUT2D eigenvalue weighted by atomic mass is 79.9. The number of hydrogen-bond donors (Lipinski definition) is 1. The summed E-state index contributed by atoms with van der Waals surface area (Å²) in [4.78, 5) is 36.1. The number of para-hydroxylation sites is 1. The number of fused-ring (bicyclic) bond motifs is 1. The first kappa shape index (κ1) is 21.9. The molecule has 10 heteroatoms. The maximum atomic E-state index is 12.9. The molecule has 0 saturated heterocycles. The van der Waals surface area contributed by atoms with Gasteiger partial charge in [-0.3, -0.25) is 14.9 Å². The molecule has 1 aliphatic rings. The van der Waals surface area contributed by atoms with Gasteiger partial charge in [0.05, 0.1) is 10.3 Å². The lowest BCUT2D eigenvalue weighted by molar-refractivity contribution is -0.607. The summed E-state index contributed by atoms with van der Waals surface area (Å²) >= 11 is 2.69. The second-order valence-electron chi connectivity index (χ2n) is 6.19. The van der Waals surface area contributed by atoms with Gasteiger partial charge >= 0.3 is 10.2 Å². The number of carbonyl (C=O) groups is 2. The van der Waals surface area contributed by atoms with E-state index in [0.717, 1.165) is 4.34 Å². The van der Waals surface area contributed by atoms with Crippen LogP contribution in [0.1, 0.15) is 16.1 Å². The van der Waals surface area contributed by atoms with E-state index in [1.807, 2.05) is 18.2 Å². The molecule has 0 spiro atoms. The molecule has 0 unspecified atom stereocenters. The maximum Gasteiger partial charge on any atom is 0.433 e. The first-order valence-corrected chi connectivity index (χ1v) is 10.3. The smallest absolute Gasteiger partial charge is 0.433 e. The number of carbonyl (C=O) groups excluding carboxylic acids is 2. The van der Waals surface area contributed by atoms with Crippen molar-refractivity contribution in [2.24, 2.45) is 0 Å². The predicted molar refractivity (Wildman–Crippen MR) is 111 cm³/mol. The highest BCUT2D eigenvalue weighted by Gasteiger charge is 2.40. The van der Waals surface area contributed by atoms with Crippen LogP contribution in [-0.2, 0) is 11.2 Å². The zero-order chi connectivity index (χ0) is 20.4. The summed E-state index contributed by atoms with van der Waals surface area (Å²) in [7, 11) is 0. The molecule has 0 radical (unpaired) electrons. The van der Waals surface area contributed by atoms with Crippen molar-refractivity contribution in [1.82, 2.24) is 0 Å². The van der Waals surface area contributed by atoms with Gasteiger partial charge in [0, 0.05) is 29.6 Å². The number of thiazole rings is 1. The fraction of sp³-hybridized carbons (Fsp3) is 0.0500. The Morgan fingerprint density at radius 3 is 2.67 bits per heavy atom. The first-order chi connectivity index (χ1) is 14.0. The lowest BCUT2D eigenvalue weighted by Crippen LogP contribution is -3.00.